The molecule has 1 nitrogen and oxygen atoms in total. The molecule has 3 aromatic rings. The third-order valence-electron chi connectivity index (χ3n) is 7.74. The Morgan fingerprint density at radius 1 is 0.714 bits per heavy atom. The van der Waals surface area contributed by atoms with Gasteiger partial charge in [0.25, 0.3) is 0 Å². The molecule has 28 heavy (non-hydrogen) atoms. The van der Waals surface area contributed by atoms with Crippen LogP contribution in [-0.2, 0) is 10.8 Å². The predicted molar refractivity (Wildman–Crippen MR) is 123 cm³/mol. The number of fused-ring (bicyclic) bond motifs is 1. The van der Waals surface area contributed by atoms with Gasteiger partial charge in [0.2, 0.25) is 0 Å². The van der Waals surface area contributed by atoms with Gasteiger partial charge >= 0.3 is 0 Å². The van der Waals surface area contributed by atoms with Gasteiger partial charge in [0, 0.05) is 21.8 Å². The SMILES string of the molecule is CC1(C)c2ccc(-c3ccc(-c4ccccc4Br)cn3)cc2C(C)(C)C1(C)C. The summed E-state index contributed by atoms with van der Waals surface area (Å²) >= 11 is 3.64. The molecule has 0 N–H and O–H groups in total. The number of pyridine rings is 1. The Labute approximate surface area is 177 Å². The monoisotopic (exact) mass is 433 g/mol. The quantitative estimate of drug-likeness (QED) is 0.401. The van der Waals surface area contributed by atoms with Crippen LogP contribution in [-0.4, -0.2) is 4.98 Å². The first-order valence-corrected chi connectivity index (χ1v) is 10.7. The third kappa shape index (κ3) is 2.61. The number of aromatic nitrogens is 1. The van der Waals surface area contributed by atoms with Gasteiger partial charge in [0.1, 0.15) is 0 Å². The highest BCUT2D eigenvalue weighted by Crippen LogP contribution is 2.61. The van der Waals surface area contributed by atoms with Gasteiger partial charge in [-0.05, 0) is 51.1 Å². The van der Waals surface area contributed by atoms with Crippen LogP contribution in [0.4, 0.5) is 0 Å². The van der Waals surface area contributed by atoms with Crippen molar-refractivity contribution in [2.24, 2.45) is 5.41 Å². The summed E-state index contributed by atoms with van der Waals surface area (Å²) in [6, 6.07) is 19.5. The molecule has 1 aliphatic rings. The van der Waals surface area contributed by atoms with Crippen LogP contribution in [0.2, 0.25) is 0 Å². The van der Waals surface area contributed by atoms with E-state index in [-0.39, 0.29) is 16.2 Å². The highest BCUT2D eigenvalue weighted by molar-refractivity contribution is 9.10. The Kier molecular flexibility index (Phi) is 4.35. The number of rotatable bonds is 2. The molecule has 4 rings (SSSR count). The summed E-state index contributed by atoms with van der Waals surface area (Å²) < 4.78 is 1.09. The smallest absolute Gasteiger partial charge is 0.0702 e. The second kappa shape index (κ2) is 6.29. The summed E-state index contributed by atoms with van der Waals surface area (Å²) in [5.74, 6) is 0. The first-order chi connectivity index (χ1) is 13.1. The van der Waals surface area contributed by atoms with Gasteiger partial charge in [-0.25, -0.2) is 0 Å². The number of halogens is 1. The van der Waals surface area contributed by atoms with Gasteiger partial charge in [-0.3, -0.25) is 4.98 Å². The molecule has 1 aromatic heterocycles. The zero-order valence-electron chi connectivity index (χ0n) is 17.6. The molecule has 0 amide bonds. The Morgan fingerprint density at radius 2 is 1.36 bits per heavy atom. The van der Waals surface area contributed by atoms with Crippen molar-refractivity contribution < 1.29 is 0 Å². The molecular formula is C26H28BrN. The van der Waals surface area contributed by atoms with Crippen LogP contribution in [0.15, 0.2) is 65.3 Å². The van der Waals surface area contributed by atoms with Gasteiger partial charge in [-0.1, -0.05) is 93.9 Å². The second-order valence-corrected chi connectivity index (χ2v) is 10.4. The Hall–Kier alpha value is -1.93. The van der Waals surface area contributed by atoms with Crippen LogP contribution in [0.3, 0.4) is 0 Å². The van der Waals surface area contributed by atoms with Gasteiger partial charge in [0.05, 0.1) is 5.69 Å². The van der Waals surface area contributed by atoms with E-state index in [0.29, 0.717) is 0 Å². The number of nitrogens with zero attached hydrogens (tertiary/aromatic N) is 1. The van der Waals surface area contributed by atoms with E-state index in [4.69, 9.17) is 4.98 Å². The standard InChI is InChI=1S/C26H28BrN/c1-24(2)20-13-11-17(15-21(20)25(3,4)26(24,5)6)23-14-12-18(16-28-23)19-9-7-8-10-22(19)27/h7-16H,1-6H3. The van der Waals surface area contributed by atoms with Gasteiger partial charge < -0.3 is 0 Å². The zero-order valence-corrected chi connectivity index (χ0v) is 19.2. The molecule has 0 radical (unpaired) electrons. The van der Waals surface area contributed by atoms with E-state index < -0.39 is 0 Å². The maximum Gasteiger partial charge on any atom is 0.0702 e. The molecule has 2 aromatic carbocycles. The van der Waals surface area contributed by atoms with E-state index >= 15 is 0 Å². The maximum absolute atomic E-state index is 4.79. The number of hydrogen-bond acceptors (Lipinski definition) is 1. The van der Waals surface area contributed by atoms with E-state index in [1.54, 1.807) is 0 Å². The minimum atomic E-state index is 0.108. The van der Waals surface area contributed by atoms with Gasteiger partial charge in [-0.2, -0.15) is 0 Å². The molecule has 0 saturated carbocycles. The van der Waals surface area contributed by atoms with Crippen LogP contribution < -0.4 is 0 Å². The van der Waals surface area contributed by atoms with E-state index in [1.165, 1.54) is 22.3 Å². The van der Waals surface area contributed by atoms with E-state index in [0.717, 1.165) is 15.7 Å². The average Bonchev–Trinajstić information content (AvgIpc) is 2.77. The molecule has 1 heterocycles. The molecule has 144 valence electrons. The largest absolute Gasteiger partial charge is 0.256 e. The lowest BCUT2D eigenvalue weighted by Crippen LogP contribution is -2.42. The van der Waals surface area contributed by atoms with E-state index in [9.17, 15) is 0 Å². The van der Waals surface area contributed by atoms with Crippen molar-refractivity contribution >= 4 is 15.9 Å². The van der Waals surface area contributed by atoms with E-state index in [1.807, 2.05) is 12.3 Å². The lowest BCUT2D eigenvalue weighted by molar-refractivity contribution is 0.125. The van der Waals surface area contributed by atoms with Crippen molar-refractivity contribution in [3.8, 4) is 22.4 Å². The fraction of sp³-hybridized carbons (Fsp3) is 0.346. The summed E-state index contributed by atoms with van der Waals surface area (Å²) in [5, 5.41) is 0. The summed E-state index contributed by atoms with van der Waals surface area (Å²) in [6.07, 6.45) is 1.97. The van der Waals surface area contributed by atoms with Crippen LogP contribution in [0.1, 0.15) is 52.7 Å². The topological polar surface area (TPSA) is 12.9 Å². The molecule has 0 unspecified atom stereocenters. The van der Waals surface area contributed by atoms with Gasteiger partial charge in [-0.15, -0.1) is 0 Å². The maximum atomic E-state index is 4.79. The lowest BCUT2D eigenvalue weighted by atomic mass is 9.59. The second-order valence-electron chi connectivity index (χ2n) is 9.55. The predicted octanol–water partition coefficient (Wildman–Crippen LogP) is 7.77. The summed E-state index contributed by atoms with van der Waals surface area (Å²) in [5.41, 5.74) is 7.86. The van der Waals surface area contributed by atoms with Crippen LogP contribution in [0.25, 0.3) is 22.4 Å². The van der Waals surface area contributed by atoms with Crippen molar-refractivity contribution in [2.45, 2.75) is 52.4 Å². The molecule has 0 aliphatic heterocycles. The van der Waals surface area contributed by atoms with E-state index in [2.05, 4.69) is 106 Å². The van der Waals surface area contributed by atoms with Crippen molar-refractivity contribution in [1.82, 2.24) is 4.98 Å². The fourth-order valence-corrected chi connectivity index (χ4v) is 5.15. The number of benzene rings is 2. The minimum Gasteiger partial charge on any atom is -0.256 e. The van der Waals surface area contributed by atoms with Gasteiger partial charge in [0.15, 0.2) is 0 Å². The highest BCUT2D eigenvalue weighted by Gasteiger charge is 2.56. The molecule has 0 atom stereocenters. The van der Waals surface area contributed by atoms with Crippen molar-refractivity contribution in [3.63, 3.8) is 0 Å². The average molecular weight is 434 g/mol. The molecule has 0 fully saturated rings. The Morgan fingerprint density at radius 3 is 2.00 bits per heavy atom. The Bertz CT molecular complexity index is 1040. The molecule has 2 heteroatoms. The fourth-order valence-electron chi connectivity index (χ4n) is 4.64. The highest BCUT2D eigenvalue weighted by atomic mass is 79.9. The summed E-state index contributed by atoms with van der Waals surface area (Å²) in [6.45, 7) is 14.3. The molecule has 0 bridgehead atoms. The molecule has 0 spiro atoms. The van der Waals surface area contributed by atoms with Crippen molar-refractivity contribution in [3.05, 3.63) is 76.4 Å². The van der Waals surface area contributed by atoms with Crippen molar-refractivity contribution in [1.29, 1.82) is 0 Å². The summed E-state index contributed by atoms with van der Waals surface area (Å²) in [7, 11) is 0. The van der Waals surface area contributed by atoms with Crippen molar-refractivity contribution in [2.75, 3.05) is 0 Å². The van der Waals surface area contributed by atoms with Crippen LogP contribution >= 0.6 is 15.9 Å². The normalized spacial score (nSPS) is 18.7. The molecule has 1 aliphatic carbocycles. The first kappa shape index (κ1) is 19.4. The minimum absolute atomic E-state index is 0.108. The molecular weight excluding hydrogens is 406 g/mol. The van der Waals surface area contributed by atoms with Crippen LogP contribution in [0.5, 0.6) is 0 Å². The lowest BCUT2D eigenvalue weighted by Gasteiger charge is -2.44. The first-order valence-electron chi connectivity index (χ1n) is 9.94. The number of hydrogen-bond donors (Lipinski definition) is 0. The molecule has 0 saturated heterocycles. The van der Waals surface area contributed by atoms with Crippen LogP contribution in [0, 0.1) is 5.41 Å². The Balaban J connectivity index is 1.76. The zero-order chi connectivity index (χ0) is 20.3. The summed E-state index contributed by atoms with van der Waals surface area (Å²) in [4.78, 5) is 4.79. The third-order valence-corrected chi connectivity index (χ3v) is 8.43.